The number of nitrogens with one attached hydrogen (secondary N) is 1. The number of thioether (sulfide) groups is 1. The molecular formula is C22H26N2S. The Hall–Kier alpha value is -2.39. The monoisotopic (exact) mass is 350 g/mol. The minimum absolute atomic E-state index is 0.842. The second-order valence-electron chi connectivity index (χ2n) is 6.07. The average Bonchev–Trinajstić information content (AvgIpc) is 3.09. The van der Waals surface area contributed by atoms with Crippen LogP contribution < -0.4 is 5.73 Å². The van der Waals surface area contributed by atoms with E-state index in [1.807, 2.05) is 31.3 Å². The smallest absolute Gasteiger partial charge is 0.0448 e. The molecule has 0 aliphatic rings. The van der Waals surface area contributed by atoms with Gasteiger partial charge in [-0.2, -0.15) is 0 Å². The molecule has 1 aromatic carbocycles. The summed E-state index contributed by atoms with van der Waals surface area (Å²) < 4.78 is 0. The first-order chi connectivity index (χ1) is 11.9. The highest BCUT2D eigenvalue weighted by Gasteiger charge is 2.05. The summed E-state index contributed by atoms with van der Waals surface area (Å²) in [4.78, 5) is 5.46. The van der Waals surface area contributed by atoms with E-state index in [-0.39, 0.29) is 0 Å². The van der Waals surface area contributed by atoms with Crippen LogP contribution in [0.4, 0.5) is 5.69 Å². The van der Waals surface area contributed by atoms with Crippen LogP contribution in [0.3, 0.4) is 0 Å². The number of hydrogen-bond donors (Lipinski definition) is 2. The van der Waals surface area contributed by atoms with Gasteiger partial charge in [0.25, 0.3) is 0 Å². The number of allylic oxidation sites excluding steroid dienone is 4. The molecule has 0 aliphatic heterocycles. The van der Waals surface area contributed by atoms with Crippen molar-refractivity contribution in [3.05, 3.63) is 88.0 Å². The van der Waals surface area contributed by atoms with Crippen LogP contribution in [0.25, 0.3) is 11.6 Å². The van der Waals surface area contributed by atoms with Crippen molar-refractivity contribution in [2.75, 3.05) is 5.73 Å². The maximum absolute atomic E-state index is 6.12. The van der Waals surface area contributed by atoms with E-state index in [9.17, 15) is 0 Å². The van der Waals surface area contributed by atoms with E-state index in [0.717, 1.165) is 44.3 Å². The number of H-pyrrole nitrogens is 1. The summed E-state index contributed by atoms with van der Waals surface area (Å²) >= 11 is 1.70. The Kier molecular flexibility index (Phi) is 6.54. The Morgan fingerprint density at radius 2 is 2.00 bits per heavy atom. The molecule has 0 radical (unpaired) electrons. The lowest BCUT2D eigenvalue weighted by atomic mass is 10.1. The zero-order valence-corrected chi connectivity index (χ0v) is 16.0. The van der Waals surface area contributed by atoms with Gasteiger partial charge in [0.1, 0.15) is 0 Å². The predicted octanol–water partition coefficient (Wildman–Crippen LogP) is 6.43. The summed E-state index contributed by atoms with van der Waals surface area (Å²) in [5.74, 6) is 0. The van der Waals surface area contributed by atoms with Gasteiger partial charge in [0.2, 0.25) is 0 Å². The molecule has 0 aliphatic carbocycles. The van der Waals surface area contributed by atoms with E-state index in [0.29, 0.717) is 0 Å². The van der Waals surface area contributed by atoms with E-state index in [2.05, 4.69) is 56.3 Å². The van der Waals surface area contributed by atoms with E-state index in [4.69, 9.17) is 5.73 Å². The fourth-order valence-corrected chi connectivity index (χ4v) is 3.39. The summed E-state index contributed by atoms with van der Waals surface area (Å²) in [5.41, 5.74) is 12.3. The van der Waals surface area contributed by atoms with Crippen LogP contribution in [0.5, 0.6) is 0 Å². The fraction of sp³-hybridized carbons (Fsp3) is 0.182. The predicted molar refractivity (Wildman–Crippen MR) is 114 cm³/mol. The molecular weight excluding hydrogens is 324 g/mol. The van der Waals surface area contributed by atoms with Crippen molar-refractivity contribution in [2.24, 2.45) is 0 Å². The first kappa shape index (κ1) is 18.9. The van der Waals surface area contributed by atoms with Gasteiger partial charge in [-0.3, -0.25) is 0 Å². The lowest BCUT2D eigenvalue weighted by Gasteiger charge is -2.10. The van der Waals surface area contributed by atoms with Crippen LogP contribution in [0.2, 0.25) is 0 Å². The van der Waals surface area contributed by atoms with E-state index >= 15 is 0 Å². The third-order valence-corrected chi connectivity index (χ3v) is 4.99. The van der Waals surface area contributed by atoms with Gasteiger partial charge in [-0.05, 0) is 77.8 Å². The van der Waals surface area contributed by atoms with E-state index in [1.165, 1.54) is 5.56 Å². The number of aryl methyl sites for hydroxylation is 1. The highest BCUT2D eigenvalue weighted by Crippen LogP contribution is 2.33. The minimum atomic E-state index is 0.842. The molecule has 0 unspecified atom stereocenters. The number of benzene rings is 1. The lowest BCUT2D eigenvalue weighted by molar-refractivity contribution is 1.14. The Balaban J connectivity index is 2.21. The number of nitrogens with two attached hydrogens (primary N) is 1. The number of nitrogen functional groups attached to an aromatic ring is 1. The molecule has 25 heavy (non-hydrogen) atoms. The number of rotatable bonds is 7. The van der Waals surface area contributed by atoms with Crippen molar-refractivity contribution in [3.8, 4) is 0 Å². The van der Waals surface area contributed by atoms with Crippen LogP contribution in [-0.2, 0) is 6.42 Å². The fourth-order valence-electron chi connectivity index (χ4n) is 2.47. The zero-order valence-electron chi connectivity index (χ0n) is 15.2. The average molecular weight is 351 g/mol. The van der Waals surface area contributed by atoms with Gasteiger partial charge < -0.3 is 10.7 Å². The number of anilines is 1. The van der Waals surface area contributed by atoms with Crippen LogP contribution in [0.15, 0.2) is 71.1 Å². The second-order valence-corrected chi connectivity index (χ2v) is 7.35. The molecule has 0 spiro atoms. The SMILES string of the molecule is C=C(C)/C(=C/c1ccc(CC)c(N)c1)S/C(C)=C\C(=C)c1ccc[nH]1. The Labute approximate surface area is 155 Å². The third kappa shape index (κ3) is 5.30. The number of aromatic amines is 1. The first-order valence-electron chi connectivity index (χ1n) is 8.35. The summed E-state index contributed by atoms with van der Waals surface area (Å²) in [6.45, 7) is 14.5. The maximum Gasteiger partial charge on any atom is 0.0448 e. The van der Waals surface area contributed by atoms with Gasteiger partial charge >= 0.3 is 0 Å². The summed E-state index contributed by atoms with van der Waals surface area (Å²) in [7, 11) is 0. The normalized spacial score (nSPS) is 12.3. The Bertz CT molecular complexity index is 824. The van der Waals surface area contributed by atoms with E-state index in [1.54, 1.807) is 11.8 Å². The largest absolute Gasteiger partial charge is 0.398 e. The van der Waals surface area contributed by atoms with Gasteiger partial charge in [-0.15, -0.1) is 0 Å². The van der Waals surface area contributed by atoms with Crippen LogP contribution in [0.1, 0.15) is 37.6 Å². The first-order valence-corrected chi connectivity index (χ1v) is 9.17. The van der Waals surface area contributed by atoms with E-state index < -0.39 is 0 Å². The molecule has 0 amide bonds. The summed E-state index contributed by atoms with van der Waals surface area (Å²) in [6, 6.07) is 10.2. The second kappa shape index (κ2) is 8.63. The van der Waals surface area contributed by atoms with Crippen molar-refractivity contribution in [1.82, 2.24) is 4.98 Å². The van der Waals surface area contributed by atoms with Crippen LogP contribution in [0, 0.1) is 0 Å². The molecule has 0 saturated carbocycles. The molecule has 0 bridgehead atoms. The topological polar surface area (TPSA) is 41.8 Å². The van der Waals surface area contributed by atoms with Gasteiger partial charge in [0.15, 0.2) is 0 Å². The van der Waals surface area contributed by atoms with Crippen molar-refractivity contribution < 1.29 is 0 Å². The quantitative estimate of drug-likeness (QED) is 0.446. The molecule has 130 valence electrons. The van der Waals surface area contributed by atoms with Crippen LogP contribution in [-0.4, -0.2) is 4.98 Å². The van der Waals surface area contributed by atoms with Gasteiger partial charge in [0.05, 0.1) is 0 Å². The van der Waals surface area contributed by atoms with Gasteiger partial charge in [0, 0.05) is 22.5 Å². The molecule has 0 atom stereocenters. The Morgan fingerprint density at radius 3 is 2.56 bits per heavy atom. The molecule has 0 fully saturated rings. The number of aromatic nitrogens is 1. The molecule has 2 nitrogen and oxygen atoms in total. The summed E-state index contributed by atoms with van der Waals surface area (Å²) in [5, 5.41) is 0. The lowest BCUT2D eigenvalue weighted by Crippen LogP contribution is -1.93. The molecule has 2 aromatic rings. The number of hydrogen-bond acceptors (Lipinski definition) is 2. The van der Waals surface area contributed by atoms with Crippen molar-refractivity contribution in [1.29, 1.82) is 0 Å². The summed E-state index contributed by atoms with van der Waals surface area (Å²) in [6.07, 6.45) is 7.07. The van der Waals surface area contributed by atoms with Gasteiger partial charge in [-0.25, -0.2) is 0 Å². The highest BCUT2D eigenvalue weighted by atomic mass is 32.2. The Morgan fingerprint density at radius 1 is 1.24 bits per heavy atom. The van der Waals surface area contributed by atoms with Crippen LogP contribution >= 0.6 is 11.8 Å². The molecule has 3 N–H and O–H groups in total. The maximum atomic E-state index is 6.12. The minimum Gasteiger partial charge on any atom is -0.398 e. The van der Waals surface area contributed by atoms with Gasteiger partial charge in [-0.1, -0.05) is 44.0 Å². The van der Waals surface area contributed by atoms with Crippen molar-refractivity contribution in [2.45, 2.75) is 27.2 Å². The standard InChI is InChI=1S/C22H26N2S/c1-6-19-10-9-18(13-20(19)23)14-22(15(2)3)25-17(5)12-16(4)21-8-7-11-24-21/h7-14,24H,2,4,6,23H2,1,3,5H3/b17-12-,22-14-. The molecule has 1 heterocycles. The van der Waals surface area contributed by atoms with Crippen molar-refractivity contribution in [3.63, 3.8) is 0 Å². The van der Waals surface area contributed by atoms with Crippen molar-refractivity contribution >= 4 is 29.1 Å². The molecule has 0 saturated heterocycles. The third-order valence-electron chi connectivity index (χ3n) is 3.86. The zero-order chi connectivity index (χ0) is 18.4. The highest BCUT2D eigenvalue weighted by molar-refractivity contribution is 8.07. The molecule has 2 rings (SSSR count). The molecule has 3 heteroatoms. The molecule has 1 aromatic heterocycles.